The van der Waals surface area contributed by atoms with E-state index in [-0.39, 0.29) is 11.9 Å². The number of aryl methyl sites for hydroxylation is 1. The molecule has 1 aliphatic heterocycles. The quantitative estimate of drug-likeness (QED) is 0.447. The van der Waals surface area contributed by atoms with Crippen molar-refractivity contribution in [1.29, 1.82) is 0 Å². The zero-order valence-corrected chi connectivity index (χ0v) is 19.9. The summed E-state index contributed by atoms with van der Waals surface area (Å²) in [7, 11) is 0. The first-order valence-electron chi connectivity index (χ1n) is 10.7. The summed E-state index contributed by atoms with van der Waals surface area (Å²) in [6.45, 7) is 5.08. The van der Waals surface area contributed by atoms with E-state index in [1.54, 1.807) is 31.7 Å². The number of aromatic nitrogens is 5. The second kappa shape index (κ2) is 9.70. The molecule has 0 saturated carbocycles. The summed E-state index contributed by atoms with van der Waals surface area (Å²) < 4.78 is 0. The molecule has 0 aliphatic carbocycles. The molecule has 9 nitrogen and oxygen atoms in total. The molecule has 4 heterocycles. The van der Waals surface area contributed by atoms with Gasteiger partial charge in [-0.3, -0.25) is 20.1 Å². The maximum Gasteiger partial charge on any atom is 0.270 e. The average molecular weight is 493 g/mol. The summed E-state index contributed by atoms with van der Waals surface area (Å²) in [4.78, 5) is 39.5. The molecule has 0 atom stereocenters. The number of rotatable bonds is 5. The normalized spacial score (nSPS) is 13.7. The van der Waals surface area contributed by atoms with Crippen LogP contribution >= 0.6 is 22.9 Å². The summed E-state index contributed by atoms with van der Waals surface area (Å²) in [5.41, 5.74) is 2.37. The number of hydrogen-bond acceptors (Lipinski definition) is 9. The standard InChI is InChI=1S/C23H21ClN8OS/c1-15-20(34-22(28-15)18-14-25-7-8-26-18)21(33)30-23-27-6-5-19(29-23)32-11-9-31(10-12-32)17-4-2-3-16(24)13-17/h2-8,13-14H,9-12H2,1H3,(H,27,29,30,33). The SMILES string of the molecule is Cc1nc(-c2cnccn2)sc1C(=O)Nc1nccc(N2CCN(c3cccc(Cl)c3)CC2)n1. The number of benzene rings is 1. The molecule has 4 aromatic rings. The Morgan fingerprint density at radius 2 is 1.85 bits per heavy atom. The minimum absolute atomic E-state index is 0.258. The molecule has 0 spiro atoms. The Labute approximate surface area is 205 Å². The highest BCUT2D eigenvalue weighted by atomic mass is 35.5. The third-order valence-electron chi connectivity index (χ3n) is 5.43. The van der Waals surface area contributed by atoms with Crippen LogP contribution in [-0.2, 0) is 0 Å². The van der Waals surface area contributed by atoms with Crippen LogP contribution in [0.4, 0.5) is 17.5 Å². The van der Waals surface area contributed by atoms with Gasteiger partial charge >= 0.3 is 0 Å². The molecular weight excluding hydrogens is 472 g/mol. The van der Waals surface area contributed by atoms with Crippen molar-refractivity contribution in [3.63, 3.8) is 0 Å². The minimum atomic E-state index is -0.298. The highest BCUT2D eigenvalue weighted by molar-refractivity contribution is 7.17. The van der Waals surface area contributed by atoms with E-state index in [2.05, 4.69) is 46.1 Å². The first-order valence-corrected chi connectivity index (χ1v) is 11.9. The molecule has 1 aliphatic rings. The highest BCUT2D eigenvalue weighted by Gasteiger charge is 2.21. The van der Waals surface area contributed by atoms with Gasteiger partial charge in [-0.15, -0.1) is 11.3 Å². The van der Waals surface area contributed by atoms with Crippen LogP contribution in [0.5, 0.6) is 0 Å². The molecule has 1 aromatic carbocycles. The summed E-state index contributed by atoms with van der Waals surface area (Å²) in [6, 6.07) is 9.74. The number of thiazole rings is 1. The van der Waals surface area contributed by atoms with Gasteiger partial charge in [0.25, 0.3) is 5.91 Å². The molecule has 34 heavy (non-hydrogen) atoms. The zero-order valence-electron chi connectivity index (χ0n) is 18.3. The van der Waals surface area contributed by atoms with Crippen molar-refractivity contribution in [2.24, 2.45) is 0 Å². The molecule has 1 amide bonds. The summed E-state index contributed by atoms with van der Waals surface area (Å²) in [5.74, 6) is 0.735. The maximum atomic E-state index is 12.9. The molecule has 5 rings (SSSR count). The van der Waals surface area contributed by atoms with E-state index in [1.165, 1.54) is 11.3 Å². The number of anilines is 3. The number of hydrogen-bond donors (Lipinski definition) is 1. The van der Waals surface area contributed by atoms with Gasteiger partial charge in [0.2, 0.25) is 5.95 Å². The first-order chi connectivity index (χ1) is 16.6. The van der Waals surface area contributed by atoms with Crippen LogP contribution in [-0.4, -0.2) is 57.0 Å². The Morgan fingerprint density at radius 1 is 1.03 bits per heavy atom. The van der Waals surface area contributed by atoms with Gasteiger partial charge in [0.05, 0.1) is 11.9 Å². The number of halogens is 1. The third-order valence-corrected chi connectivity index (χ3v) is 6.84. The molecule has 0 unspecified atom stereocenters. The van der Waals surface area contributed by atoms with Crippen LogP contribution in [0, 0.1) is 6.92 Å². The Kier molecular flexibility index (Phi) is 6.33. The van der Waals surface area contributed by atoms with Gasteiger partial charge in [-0.2, -0.15) is 4.98 Å². The summed E-state index contributed by atoms with van der Waals surface area (Å²) >= 11 is 7.40. The van der Waals surface area contributed by atoms with E-state index in [9.17, 15) is 4.79 Å². The lowest BCUT2D eigenvalue weighted by Crippen LogP contribution is -2.46. The maximum absolute atomic E-state index is 12.9. The van der Waals surface area contributed by atoms with Crippen molar-refractivity contribution in [2.45, 2.75) is 6.92 Å². The highest BCUT2D eigenvalue weighted by Crippen LogP contribution is 2.27. The number of nitrogens with one attached hydrogen (secondary N) is 1. The fraction of sp³-hybridized carbons (Fsp3) is 0.217. The number of piperazine rings is 1. The predicted octanol–water partition coefficient (Wildman–Crippen LogP) is 3.93. The van der Waals surface area contributed by atoms with Crippen LogP contribution in [0.25, 0.3) is 10.7 Å². The largest absolute Gasteiger partial charge is 0.368 e. The molecule has 11 heteroatoms. The smallest absolute Gasteiger partial charge is 0.270 e. The second-order valence-electron chi connectivity index (χ2n) is 7.67. The van der Waals surface area contributed by atoms with Crippen molar-refractivity contribution < 1.29 is 4.79 Å². The van der Waals surface area contributed by atoms with Gasteiger partial charge in [-0.25, -0.2) is 9.97 Å². The molecule has 1 N–H and O–H groups in total. The Morgan fingerprint density at radius 3 is 2.62 bits per heavy atom. The van der Waals surface area contributed by atoms with Gasteiger partial charge in [-0.1, -0.05) is 17.7 Å². The van der Waals surface area contributed by atoms with E-state index in [0.29, 0.717) is 21.3 Å². The van der Waals surface area contributed by atoms with E-state index in [1.807, 2.05) is 24.3 Å². The van der Waals surface area contributed by atoms with E-state index < -0.39 is 0 Å². The number of carbonyl (C=O) groups excluding carboxylic acids is 1. The monoisotopic (exact) mass is 492 g/mol. The van der Waals surface area contributed by atoms with Crippen LogP contribution in [0.3, 0.4) is 0 Å². The fourth-order valence-electron chi connectivity index (χ4n) is 3.74. The lowest BCUT2D eigenvalue weighted by atomic mass is 10.2. The van der Waals surface area contributed by atoms with E-state index in [0.717, 1.165) is 42.7 Å². The zero-order chi connectivity index (χ0) is 23.5. The topological polar surface area (TPSA) is 100 Å². The van der Waals surface area contributed by atoms with Gasteiger partial charge in [0.1, 0.15) is 21.4 Å². The van der Waals surface area contributed by atoms with Crippen molar-refractivity contribution in [3.05, 3.63) is 70.7 Å². The Bertz CT molecular complexity index is 1310. The lowest BCUT2D eigenvalue weighted by molar-refractivity contribution is 0.102. The molecule has 0 bridgehead atoms. The first kappa shape index (κ1) is 22.2. The number of carbonyl (C=O) groups is 1. The summed E-state index contributed by atoms with van der Waals surface area (Å²) in [6.07, 6.45) is 6.48. The molecule has 1 saturated heterocycles. The predicted molar refractivity (Wildman–Crippen MR) is 134 cm³/mol. The number of nitrogens with zero attached hydrogens (tertiary/aromatic N) is 7. The van der Waals surface area contributed by atoms with Crippen molar-refractivity contribution in [3.8, 4) is 10.7 Å². The van der Waals surface area contributed by atoms with Crippen LogP contribution < -0.4 is 15.1 Å². The van der Waals surface area contributed by atoms with E-state index in [4.69, 9.17) is 11.6 Å². The molecule has 0 radical (unpaired) electrons. The molecule has 1 fully saturated rings. The van der Waals surface area contributed by atoms with Crippen LogP contribution in [0.15, 0.2) is 55.1 Å². The molecule has 172 valence electrons. The van der Waals surface area contributed by atoms with Gasteiger partial charge in [0.15, 0.2) is 0 Å². The number of amides is 1. The van der Waals surface area contributed by atoms with Gasteiger partial charge in [-0.05, 0) is 31.2 Å². The van der Waals surface area contributed by atoms with E-state index >= 15 is 0 Å². The lowest BCUT2D eigenvalue weighted by Gasteiger charge is -2.36. The minimum Gasteiger partial charge on any atom is -0.368 e. The van der Waals surface area contributed by atoms with Crippen molar-refractivity contribution >= 4 is 46.3 Å². The van der Waals surface area contributed by atoms with Crippen LogP contribution in [0.2, 0.25) is 5.02 Å². The van der Waals surface area contributed by atoms with Gasteiger partial charge in [0, 0.05) is 55.5 Å². The second-order valence-corrected chi connectivity index (χ2v) is 9.11. The van der Waals surface area contributed by atoms with Crippen molar-refractivity contribution in [1.82, 2.24) is 24.9 Å². The Balaban J connectivity index is 1.25. The fourth-order valence-corrected chi connectivity index (χ4v) is 4.84. The summed E-state index contributed by atoms with van der Waals surface area (Å²) in [5, 5.41) is 4.18. The van der Waals surface area contributed by atoms with Crippen molar-refractivity contribution in [2.75, 3.05) is 41.3 Å². The molecule has 3 aromatic heterocycles. The third kappa shape index (κ3) is 4.82. The average Bonchev–Trinajstić information content (AvgIpc) is 3.27. The Hall–Kier alpha value is -3.63. The molecular formula is C23H21ClN8OS. The van der Waals surface area contributed by atoms with Crippen LogP contribution in [0.1, 0.15) is 15.4 Å². The van der Waals surface area contributed by atoms with Gasteiger partial charge < -0.3 is 9.80 Å².